The van der Waals surface area contributed by atoms with Crippen LogP contribution in [-0.2, 0) is 4.74 Å². The second-order valence-electron chi connectivity index (χ2n) is 7.76. The molecule has 0 aromatic heterocycles. The van der Waals surface area contributed by atoms with Gasteiger partial charge < -0.3 is 9.84 Å². The number of ether oxygens (including phenoxy) is 1. The van der Waals surface area contributed by atoms with Crippen molar-refractivity contribution in [2.45, 2.75) is 84.8 Å². The highest BCUT2D eigenvalue weighted by Gasteiger charge is 2.14. The van der Waals surface area contributed by atoms with Gasteiger partial charge in [0, 0.05) is 0 Å². The summed E-state index contributed by atoms with van der Waals surface area (Å²) in [5.74, 6) is 5.95. The van der Waals surface area contributed by atoms with Gasteiger partial charge in [-0.15, -0.1) is 0 Å². The Morgan fingerprint density at radius 2 is 1.86 bits per heavy atom. The molecular weight excluding hydrogens is 348 g/mol. The third-order valence-electron chi connectivity index (χ3n) is 4.58. The summed E-state index contributed by atoms with van der Waals surface area (Å²) in [6.45, 7) is 8.47. The minimum absolute atomic E-state index is 0.360. The van der Waals surface area contributed by atoms with Crippen LogP contribution in [0.3, 0.4) is 0 Å². The van der Waals surface area contributed by atoms with Gasteiger partial charge in [-0.05, 0) is 64.0 Å². The molecule has 3 atom stereocenters. The number of aliphatic hydroxyl groups excluding tert-OH is 1. The Bertz CT molecular complexity index is 647. The molecule has 0 amide bonds. The normalized spacial score (nSPS) is 13.6. The van der Waals surface area contributed by atoms with Gasteiger partial charge in [-0.3, -0.25) is 0 Å². The minimum Gasteiger partial charge on any atom is -0.446 e. The second kappa shape index (κ2) is 14.0. The van der Waals surface area contributed by atoms with Gasteiger partial charge in [0.05, 0.1) is 5.56 Å². The number of allylic oxidation sites excluding steroid dienone is 2. The van der Waals surface area contributed by atoms with Crippen molar-refractivity contribution in [3.8, 4) is 11.8 Å². The van der Waals surface area contributed by atoms with Crippen molar-refractivity contribution in [1.82, 2.24) is 0 Å². The minimum atomic E-state index is -0.689. The van der Waals surface area contributed by atoms with Crippen molar-refractivity contribution in [3.05, 3.63) is 47.5 Å². The first kappa shape index (κ1) is 24.0. The van der Waals surface area contributed by atoms with Crippen molar-refractivity contribution in [2.24, 2.45) is 5.92 Å². The van der Waals surface area contributed by atoms with Crippen LogP contribution in [0, 0.1) is 17.8 Å². The fourth-order valence-corrected chi connectivity index (χ4v) is 2.92. The molecule has 0 unspecified atom stereocenters. The summed E-state index contributed by atoms with van der Waals surface area (Å²) < 4.78 is 5.60. The van der Waals surface area contributed by atoms with Crippen molar-refractivity contribution in [2.75, 3.05) is 0 Å². The summed E-state index contributed by atoms with van der Waals surface area (Å²) in [5.41, 5.74) is 1.85. The van der Waals surface area contributed by atoms with Crippen molar-refractivity contribution in [1.29, 1.82) is 0 Å². The van der Waals surface area contributed by atoms with Crippen molar-refractivity contribution >= 4 is 5.97 Å². The molecule has 1 aromatic carbocycles. The Balaban J connectivity index is 2.62. The molecular formula is C25H36O3. The van der Waals surface area contributed by atoms with E-state index in [2.05, 4.69) is 45.6 Å². The lowest BCUT2D eigenvalue weighted by molar-refractivity contribution is 0.0392. The van der Waals surface area contributed by atoms with Crippen molar-refractivity contribution in [3.63, 3.8) is 0 Å². The lowest BCUT2D eigenvalue weighted by atomic mass is 9.97. The van der Waals surface area contributed by atoms with Crippen LogP contribution in [0.4, 0.5) is 0 Å². The van der Waals surface area contributed by atoms with Crippen LogP contribution in [0.25, 0.3) is 0 Å². The summed E-state index contributed by atoms with van der Waals surface area (Å²) in [4.78, 5) is 12.3. The number of unbranched alkanes of at least 4 members (excludes halogenated alkanes) is 2. The van der Waals surface area contributed by atoms with Gasteiger partial charge in [-0.2, -0.15) is 0 Å². The fourth-order valence-electron chi connectivity index (χ4n) is 2.92. The standard InChI is InChI=1S/C25H36O3/c1-5-6-8-16-24(28-25(27)22-14-9-7-10-15-22)18-17-23(26)19-21(4)13-11-12-20(2)3/h7,9-10,12,14-15,21,23-24,26H,5-6,8,11,13,16,19H2,1-4H3/t21-,23-,24-/m1/s1. The highest BCUT2D eigenvalue weighted by Crippen LogP contribution is 2.15. The topological polar surface area (TPSA) is 46.5 Å². The molecule has 0 aliphatic rings. The van der Waals surface area contributed by atoms with E-state index in [-0.39, 0.29) is 5.97 Å². The third kappa shape index (κ3) is 10.9. The van der Waals surface area contributed by atoms with Gasteiger partial charge in [-0.1, -0.05) is 68.4 Å². The summed E-state index contributed by atoms with van der Waals surface area (Å²) >= 11 is 0. The van der Waals surface area contributed by atoms with Gasteiger partial charge >= 0.3 is 5.97 Å². The largest absolute Gasteiger partial charge is 0.446 e. The number of rotatable bonds is 11. The predicted molar refractivity (Wildman–Crippen MR) is 116 cm³/mol. The smallest absolute Gasteiger partial charge is 0.339 e. The Kier molecular flexibility index (Phi) is 12.0. The van der Waals surface area contributed by atoms with Crippen LogP contribution in [0.15, 0.2) is 42.0 Å². The average Bonchev–Trinajstić information content (AvgIpc) is 2.66. The van der Waals surface area contributed by atoms with E-state index in [9.17, 15) is 9.90 Å². The van der Waals surface area contributed by atoms with Gasteiger partial charge in [0.1, 0.15) is 6.10 Å². The molecule has 3 heteroatoms. The van der Waals surface area contributed by atoms with Crippen LogP contribution >= 0.6 is 0 Å². The zero-order valence-electron chi connectivity index (χ0n) is 17.9. The molecule has 1 N–H and O–H groups in total. The van der Waals surface area contributed by atoms with E-state index in [1.807, 2.05) is 18.2 Å². The molecule has 0 spiro atoms. The third-order valence-corrected chi connectivity index (χ3v) is 4.58. The van der Waals surface area contributed by atoms with E-state index >= 15 is 0 Å². The van der Waals surface area contributed by atoms with Crippen LogP contribution in [0.1, 0.15) is 83.0 Å². The highest BCUT2D eigenvalue weighted by molar-refractivity contribution is 5.89. The highest BCUT2D eigenvalue weighted by atomic mass is 16.5. The van der Waals surface area contributed by atoms with E-state index in [0.717, 1.165) is 32.1 Å². The Morgan fingerprint density at radius 1 is 1.14 bits per heavy atom. The van der Waals surface area contributed by atoms with Crippen LogP contribution in [-0.4, -0.2) is 23.3 Å². The second-order valence-corrected chi connectivity index (χ2v) is 7.76. The molecule has 0 fully saturated rings. The van der Waals surface area contributed by atoms with Crippen LogP contribution in [0.5, 0.6) is 0 Å². The first-order chi connectivity index (χ1) is 13.4. The maximum absolute atomic E-state index is 12.3. The van der Waals surface area contributed by atoms with Gasteiger partial charge in [0.2, 0.25) is 0 Å². The van der Waals surface area contributed by atoms with Crippen LogP contribution < -0.4 is 0 Å². The molecule has 0 saturated heterocycles. The fraction of sp³-hybridized carbons (Fsp3) is 0.560. The number of benzene rings is 1. The van der Waals surface area contributed by atoms with Crippen molar-refractivity contribution < 1.29 is 14.6 Å². The summed E-state index contributed by atoms with van der Waals surface area (Å²) in [7, 11) is 0. The number of hydrogen-bond donors (Lipinski definition) is 1. The quantitative estimate of drug-likeness (QED) is 0.223. The summed E-state index contributed by atoms with van der Waals surface area (Å²) in [6.07, 6.45) is 7.57. The molecule has 0 radical (unpaired) electrons. The lowest BCUT2D eigenvalue weighted by Crippen LogP contribution is -2.18. The van der Waals surface area contributed by atoms with Crippen LogP contribution in [0.2, 0.25) is 0 Å². The Morgan fingerprint density at radius 3 is 2.50 bits per heavy atom. The zero-order chi connectivity index (χ0) is 20.8. The number of hydrogen-bond acceptors (Lipinski definition) is 3. The van der Waals surface area contributed by atoms with E-state index in [0.29, 0.717) is 24.3 Å². The number of esters is 1. The average molecular weight is 385 g/mol. The molecule has 0 aliphatic heterocycles. The van der Waals surface area contributed by atoms with Gasteiger partial charge in [0.25, 0.3) is 0 Å². The predicted octanol–water partition coefficient (Wildman–Crippen LogP) is 5.93. The van der Waals surface area contributed by atoms with Gasteiger partial charge in [-0.25, -0.2) is 4.79 Å². The number of carbonyl (C=O) groups excluding carboxylic acids is 1. The zero-order valence-corrected chi connectivity index (χ0v) is 17.9. The number of carbonyl (C=O) groups is 1. The van der Waals surface area contributed by atoms with E-state index in [1.165, 1.54) is 5.57 Å². The molecule has 0 bridgehead atoms. The molecule has 1 aromatic rings. The Labute approximate surface area is 171 Å². The van der Waals surface area contributed by atoms with Gasteiger partial charge in [0.15, 0.2) is 6.10 Å². The first-order valence-corrected chi connectivity index (χ1v) is 10.5. The monoisotopic (exact) mass is 384 g/mol. The number of aliphatic hydroxyl groups is 1. The molecule has 1 rings (SSSR count). The molecule has 28 heavy (non-hydrogen) atoms. The summed E-state index contributed by atoms with van der Waals surface area (Å²) in [5, 5.41) is 10.3. The maximum atomic E-state index is 12.3. The van der Waals surface area contributed by atoms with E-state index in [1.54, 1.807) is 12.1 Å². The molecule has 0 aliphatic carbocycles. The SMILES string of the molecule is CCCCC[C@H](C#C[C@@H](O)C[C@H](C)CCC=C(C)C)OC(=O)c1ccccc1. The van der Waals surface area contributed by atoms with E-state index < -0.39 is 12.2 Å². The molecule has 0 saturated carbocycles. The maximum Gasteiger partial charge on any atom is 0.339 e. The molecule has 0 heterocycles. The molecule has 154 valence electrons. The molecule has 3 nitrogen and oxygen atoms in total. The van der Waals surface area contributed by atoms with E-state index in [4.69, 9.17) is 4.74 Å². The summed E-state index contributed by atoms with van der Waals surface area (Å²) in [6, 6.07) is 8.97. The lowest BCUT2D eigenvalue weighted by Gasteiger charge is -2.14. The Hall–Kier alpha value is -2.05. The first-order valence-electron chi connectivity index (χ1n) is 10.5.